The number of ether oxygens (including phenoxy) is 1. The van der Waals surface area contributed by atoms with E-state index in [1.165, 1.54) is 29.7 Å². The normalized spacial score (nSPS) is 10.9. The van der Waals surface area contributed by atoms with Gasteiger partial charge in [-0.2, -0.15) is 5.10 Å². The lowest BCUT2D eigenvalue weighted by molar-refractivity contribution is -0.394. The first kappa shape index (κ1) is 21.5. The molecular formula is C21H13N5O6S. The number of thiazole rings is 1. The molecule has 0 amide bonds. The minimum absolute atomic E-state index is 0.137. The van der Waals surface area contributed by atoms with E-state index in [0.29, 0.717) is 10.7 Å². The zero-order valence-corrected chi connectivity index (χ0v) is 17.4. The van der Waals surface area contributed by atoms with Crippen molar-refractivity contribution in [2.75, 3.05) is 5.43 Å². The van der Waals surface area contributed by atoms with Gasteiger partial charge >= 0.3 is 5.97 Å². The fraction of sp³-hybridized carbons (Fsp3) is 0. The van der Waals surface area contributed by atoms with Crippen LogP contribution in [0.15, 0.2) is 71.8 Å². The topological polar surface area (TPSA) is 150 Å². The zero-order valence-electron chi connectivity index (χ0n) is 16.6. The quantitative estimate of drug-likeness (QED) is 0.135. The average molecular weight is 463 g/mol. The van der Waals surface area contributed by atoms with Gasteiger partial charge in [0.2, 0.25) is 5.13 Å². The number of nitrogens with zero attached hydrogens (tertiary/aromatic N) is 4. The van der Waals surface area contributed by atoms with Crippen LogP contribution in [0.1, 0.15) is 15.9 Å². The highest BCUT2D eigenvalue weighted by Crippen LogP contribution is 2.26. The third kappa shape index (κ3) is 5.14. The molecule has 0 fully saturated rings. The van der Waals surface area contributed by atoms with Gasteiger partial charge in [-0.3, -0.25) is 25.7 Å². The van der Waals surface area contributed by atoms with Gasteiger partial charge in [0.15, 0.2) is 0 Å². The number of nitrogens with one attached hydrogen (secondary N) is 1. The van der Waals surface area contributed by atoms with Crippen molar-refractivity contribution in [3.63, 3.8) is 0 Å². The van der Waals surface area contributed by atoms with Crippen LogP contribution in [0.25, 0.3) is 10.2 Å². The highest BCUT2D eigenvalue weighted by molar-refractivity contribution is 7.22. The number of non-ortho nitro benzene ring substituents is 2. The highest BCUT2D eigenvalue weighted by atomic mass is 32.1. The number of nitro groups is 2. The summed E-state index contributed by atoms with van der Waals surface area (Å²) in [5.41, 5.74) is 2.81. The number of benzene rings is 3. The number of nitro benzene ring substituents is 2. The Morgan fingerprint density at radius 3 is 2.42 bits per heavy atom. The summed E-state index contributed by atoms with van der Waals surface area (Å²) in [6, 6.07) is 16.6. The number of hydrazone groups is 1. The van der Waals surface area contributed by atoms with Gasteiger partial charge in [0, 0.05) is 12.1 Å². The summed E-state index contributed by atoms with van der Waals surface area (Å²) in [5.74, 6) is -0.832. The monoisotopic (exact) mass is 463 g/mol. The van der Waals surface area contributed by atoms with Gasteiger partial charge < -0.3 is 4.74 Å². The van der Waals surface area contributed by atoms with Crippen molar-refractivity contribution in [2.45, 2.75) is 0 Å². The molecule has 33 heavy (non-hydrogen) atoms. The number of esters is 1. The van der Waals surface area contributed by atoms with Gasteiger partial charge in [-0.15, -0.1) is 0 Å². The predicted octanol–water partition coefficient (Wildman–Crippen LogP) is 4.78. The van der Waals surface area contributed by atoms with E-state index in [2.05, 4.69) is 15.5 Å². The lowest BCUT2D eigenvalue weighted by Crippen LogP contribution is -2.10. The van der Waals surface area contributed by atoms with E-state index < -0.39 is 27.2 Å². The Balaban J connectivity index is 1.47. The third-order valence-corrected chi connectivity index (χ3v) is 5.24. The molecule has 0 saturated heterocycles. The molecule has 1 N–H and O–H groups in total. The SMILES string of the molecule is O=C(Oc1cccc(/C=N/Nc2nc3ccccc3s2)c1)c1cc([N+](=O)[O-])cc([N+](=O)[O-])c1. The van der Waals surface area contributed by atoms with Crippen LogP contribution in [0.5, 0.6) is 5.75 Å². The summed E-state index contributed by atoms with van der Waals surface area (Å²) in [5, 5.41) is 26.8. The number of fused-ring (bicyclic) bond motifs is 1. The molecule has 0 bridgehead atoms. The molecule has 0 aliphatic heterocycles. The van der Waals surface area contributed by atoms with E-state index in [1.807, 2.05) is 24.3 Å². The molecule has 0 aliphatic carbocycles. The van der Waals surface area contributed by atoms with E-state index in [4.69, 9.17) is 4.74 Å². The minimum Gasteiger partial charge on any atom is -0.423 e. The molecule has 12 heteroatoms. The maximum atomic E-state index is 12.4. The first-order valence-corrected chi connectivity index (χ1v) is 10.1. The van der Waals surface area contributed by atoms with E-state index in [1.54, 1.807) is 12.1 Å². The predicted molar refractivity (Wildman–Crippen MR) is 122 cm³/mol. The summed E-state index contributed by atoms with van der Waals surface area (Å²) >= 11 is 1.45. The van der Waals surface area contributed by atoms with E-state index in [-0.39, 0.29) is 11.3 Å². The summed E-state index contributed by atoms with van der Waals surface area (Å²) in [4.78, 5) is 37.2. The number of carbonyl (C=O) groups is 1. The maximum absolute atomic E-state index is 12.4. The van der Waals surface area contributed by atoms with Gasteiger partial charge in [0.25, 0.3) is 11.4 Å². The lowest BCUT2D eigenvalue weighted by Gasteiger charge is -2.05. The van der Waals surface area contributed by atoms with Crippen LogP contribution >= 0.6 is 11.3 Å². The largest absolute Gasteiger partial charge is 0.423 e. The van der Waals surface area contributed by atoms with E-state index in [0.717, 1.165) is 28.4 Å². The molecule has 4 aromatic rings. The minimum atomic E-state index is -0.969. The fourth-order valence-corrected chi connectivity index (χ4v) is 3.65. The van der Waals surface area contributed by atoms with E-state index in [9.17, 15) is 25.0 Å². The number of hydrogen-bond donors (Lipinski definition) is 1. The Bertz CT molecular complexity index is 1350. The van der Waals surface area contributed by atoms with Crippen LogP contribution in [0, 0.1) is 20.2 Å². The Hall–Kier alpha value is -4.71. The van der Waals surface area contributed by atoms with Crippen LogP contribution in [0.4, 0.5) is 16.5 Å². The maximum Gasteiger partial charge on any atom is 0.344 e. The van der Waals surface area contributed by atoms with Gasteiger partial charge in [-0.25, -0.2) is 9.78 Å². The van der Waals surface area contributed by atoms with Crippen LogP contribution in [-0.4, -0.2) is 27.0 Å². The number of para-hydroxylation sites is 1. The third-order valence-electron chi connectivity index (χ3n) is 4.30. The van der Waals surface area contributed by atoms with Crippen molar-refractivity contribution >= 4 is 50.2 Å². The van der Waals surface area contributed by atoms with Crippen LogP contribution < -0.4 is 10.2 Å². The molecule has 3 aromatic carbocycles. The molecule has 0 radical (unpaired) electrons. The Labute approximate surface area is 189 Å². The molecule has 0 saturated carbocycles. The Kier molecular flexibility index (Phi) is 6.00. The summed E-state index contributed by atoms with van der Waals surface area (Å²) in [6.45, 7) is 0. The molecule has 0 spiro atoms. The standard InChI is InChI=1S/C21H13N5O6S/c27-20(14-9-15(25(28)29)11-16(10-14)26(30)31)32-17-5-3-4-13(8-17)12-22-24-21-23-18-6-1-2-7-19(18)33-21/h1-12H,(H,23,24)/b22-12+. The van der Waals surface area contributed by atoms with Crippen LogP contribution in [0.3, 0.4) is 0 Å². The number of aromatic nitrogens is 1. The number of hydrogen-bond acceptors (Lipinski definition) is 10. The van der Waals surface area contributed by atoms with Crippen molar-refractivity contribution in [3.8, 4) is 5.75 Å². The molecule has 0 aliphatic rings. The lowest BCUT2D eigenvalue weighted by atomic mass is 10.1. The van der Waals surface area contributed by atoms with Gasteiger partial charge in [0.1, 0.15) is 5.75 Å². The van der Waals surface area contributed by atoms with Crippen molar-refractivity contribution in [2.24, 2.45) is 5.10 Å². The number of anilines is 1. The first-order valence-electron chi connectivity index (χ1n) is 9.30. The van der Waals surface area contributed by atoms with Crippen LogP contribution in [0.2, 0.25) is 0 Å². The summed E-state index contributed by atoms with van der Waals surface area (Å²) < 4.78 is 6.26. The summed E-state index contributed by atoms with van der Waals surface area (Å²) in [7, 11) is 0. The zero-order chi connectivity index (χ0) is 23.4. The second-order valence-electron chi connectivity index (χ2n) is 6.57. The Morgan fingerprint density at radius 1 is 1.00 bits per heavy atom. The molecule has 4 rings (SSSR count). The van der Waals surface area contributed by atoms with Gasteiger partial charge in [-0.05, 0) is 29.8 Å². The molecule has 0 unspecified atom stereocenters. The van der Waals surface area contributed by atoms with E-state index >= 15 is 0 Å². The second-order valence-corrected chi connectivity index (χ2v) is 7.60. The van der Waals surface area contributed by atoms with Crippen molar-refractivity contribution in [1.82, 2.24) is 4.98 Å². The highest BCUT2D eigenvalue weighted by Gasteiger charge is 2.21. The number of rotatable bonds is 7. The first-order chi connectivity index (χ1) is 15.9. The molecular weight excluding hydrogens is 450 g/mol. The fourth-order valence-electron chi connectivity index (χ4n) is 2.83. The summed E-state index contributed by atoms with van der Waals surface area (Å²) in [6.07, 6.45) is 1.50. The molecule has 1 aromatic heterocycles. The number of carbonyl (C=O) groups excluding carboxylic acids is 1. The molecule has 0 atom stereocenters. The van der Waals surface area contributed by atoms with Gasteiger partial charge in [-0.1, -0.05) is 35.6 Å². The second kappa shape index (κ2) is 9.20. The smallest absolute Gasteiger partial charge is 0.344 e. The van der Waals surface area contributed by atoms with Crippen molar-refractivity contribution in [3.05, 3.63) is 98.1 Å². The van der Waals surface area contributed by atoms with Crippen molar-refractivity contribution in [1.29, 1.82) is 0 Å². The average Bonchev–Trinajstić information content (AvgIpc) is 3.21. The molecule has 164 valence electrons. The van der Waals surface area contributed by atoms with Crippen LogP contribution in [-0.2, 0) is 0 Å². The van der Waals surface area contributed by atoms with Crippen molar-refractivity contribution < 1.29 is 19.4 Å². The molecule has 1 heterocycles. The Morgan fingerprint density at radius 2 is 1.73 bits per heavy atom. The molecule has 11 nitrogen and oxygen atoms in total. The van der Waals surface area contributed by atoms with Gasteiger partial charge in [0.05, 0.1) is 37.9 Å².